The lowest BCUT2D eigenvalue weighted by Gasteiger charge is -2.57. The minimum absolute atomic E-state index is 0.0130. The summed E-state index contributed by atoms with van der Waals surface area (Å²) in [5.74, 6) is 3.45. The Morgan fingerprint density at radius 1 is 1.03 bits per heavy atom. The van der Waals surface area contributed by atoms with Gasteiger partial charge in [0.05, 0.1) is 0 Å². The predicted molar refractivity (Wildman–Crippen MR) is 118 cm³/mol. The topological polar surface area (TPSA) is 78.8 Å². The zero-order valence-electron chi connectivity index (χ0n) is 17.9. The summed E-state index contributed by atoms with van der Waals surface area (Å²) in [6.45, 7) is 2.18. The molecule has 1 saturated heterocycles. The molecule has 6 nitrogen and oxygen atoms in total. The number of amidine groups is 1. The highest BCUT2D eigenvalue weighted by Gasteiger charge is 2.50. The third-order valence-corrected chi connectivity index (χ3v) is 9.91. The van der Waals surface area contributed by atoms with Gasteiger partial charge in [0, 0.05) is 31.1 Å². The maximum absolute atomic E-state index is 13.0. The average molecular weight is 442 g/mol. The van der Waals surface area contributed by atoms with Gasteiger partial charge in [-0.25, -0.2) is 0 Å². The maximum atomic E-state index is 13.0. The van der Waals surface area contributed by atoms with E-state index in [2.05, 4.69) is 9.71 Å². The molecule has 7 rings (SSSR count). The normalized spacial score (nSPS) is 35.7. The summed E-state index contributed by atoms with van der Waals surface area (Å²) in [6, 6.07) is 7.02. The summed E-state index contributed by atoms with van der Waals surface area (Å²) in [6.07, 6.45) is 9.70. The molecule has 0 atom stereocenters. The van der Waals surface area contributed by atoms with Gasteiger partial charge in [-0.05, 0) is 86.7 Å². The Morgan fingerprint density at radius 2 is 1.65 bits per heavy atom. The quantitative estimate of drug-likeness (QED) is 0.781. The number of rotatable bonds is 3. The fourth-order valence-corrected chi connectivity index (χ4v) is 8.82. The summed E-state index contributed by atoms with van der Waals surface area (Å²) in [5.41, 5.74) is 1.05. The minimum Gasteiger partial charge on any atom is -0.355 e. The van der Waals surface area contributed by atoms with Gasteiger partial charge in [-0.2, -0.15) is 8.42 Å². The summed E-state index contributed by atoms with van der Waals surface area (Å²) < 4.78 is 28.7. The number of hydrogen-bond acceptors (Lipinski definition) is 4. The standard InChI is InChI=1S/C24H31N3O3S/c28-23(25-15-24-12-16-9-17(13-24)11-18(10-16)14-24)19-5-7-27(8-6-19)22-20-3-1-2-4-21(20)31(29,30)26-22/h1-4,16-19H,5-15H2,(H,25,28). The Labute approximate surface area is 184 Å². The van der Waals surface area contributed by atoms with Crippen molar-refractivity contribution in [3.63, 3.8) is 0 Å². The molecule has 166 valence electrons. The smallest absolute Gasteiger partial charge is 0.285 e. The number of hydrogen-bond donors (Lipinski definition) is 1. The van der Waals surface area contributed by atoms with Crippen LogP contribution in [0.15, 0.2) is 33.6 Å². The number of sulfonamides is 1. The number of benzene rings is 1. The van der Waals surface area contributed by atoms with Crippen LogP contribution in [0, 0.1) is 29.1 Å². The van der Waals surface area contributed by atoms with Crippen molar-refractivity contribution in [2.45, 2.75) is 56.3 Å². The summed E-state index contributed by atoms with van der Waals surface area (Å²) in [7, 11) is -3.60. The van der Waals surface area contributed by atoms with E-state index in [1.165, 1.54) is 38.5 Å². The van der Waals surface area contributed by atoms with Crippen molar-refractivity contribution < 1.29 is 13.2 Å². The molecule has 0 radical (unpaired) electrons. The van der Waals surface area contributed by atoms with Gasteiger partial charge in [-0.1, -0.05) is 12.1 Å². The molecule has 2 heterocycles. The van der Waals surface area contributed by atoms with E-state index in [1.54, 1.807) is 12.1 Å². The Kier molecular flexibility index (Phi) is 4.50. The van der Waals surface area contributed by atoms with Crippen LogP contribution in [0.3, 0.4) is 0 Å². The first-order valence-corrected chi connectivity index (χ1v) is 13.3. The second-order valence-corrected chi connectivity index (χ2v) is 12.4. The highest BCUT2D eigenvalue weighted by atomic mass is 32.2. The van der Waals surface area contributed by atoms with Crippen LogP contribution in [0.1, 0.15) is 56.9 Å². The van der Waals surface area contributed by atoms with E-state index in [1.807, 2.05) is 17.0 Å². The van der Waals surface area contributed by atoms with E-state index in [-0.39, 0.29) is 11.8 Å². The number of piperidine rings is 1. The monoisotopic (exact) mass is 441 g/mol. The summed E-state index contributed by atoms with van der Waals surface area (Å²) in [5, 5.41) is 3.34. The Hall–Kier alpha value is -1.89. The molecule has 1 aromatic rings. The van der Waals surface area contributed by atoms with Gasteiger partial charge in [0.25, 0.3) is 10.0 Å². The van der Waals surface area contributed by atoms with Crippen LogP contribution in [0.5, 0.6) is 0 Å². The molecule has 4 bridgehead atoms. The SMILES string of the molecule is O=C(NCC12CC3CC(CC(C3)C1)C2)C1CCN(C2=NS(=O)(=O)c3ccccc32)CC1. The van der Waals surface area contributed by atoms with Crippen molar-refractivity contribution in [3.8, 4) is 0 Å². The van der Waals surface area contributed by atoms with Crippen LogP contribution in [0.2, 0.25) is 0 Å². The van der Waals surface area contributed by atoms with Crippen molar-refractivity contribution >= 4 is 21.8 Å². The molecule has 5 fully saturated rings. The fraction of sp³-hybridized carbons (Fsp3) is 0.667. The Balaban J connectivity index is 1.07. The number of nitrogens with one attached hydrogen (secondary N) is 1. The van der Waals surface area contributed by atoms with Gasteiger partial charge < -0.3 is 10.2 Å². The van der Waals surface area contributed by atoms with Gasteiger partial charge in [-0.3, -0.25) is 4.79 Å². The number of carbonyl (C=O) groups is 1. The summed E-state index contributed by atoms with van der Waals surface area (Å²) in [4.78, 5) is 15.3. The minimum atomic E-state index is -3.60. The van der Waals surface area contributed by atoms with E-state index in [0.29, 0.717) is 34.8 Å². The van der Waals surface area contributed by atoms with Crippen molar-refractivity contribution in [2.24, 2.45) is 33.5 Å². The zero-order chi connectivity index (χ0) is 21.2. The number of amides is 1. The molecule has 31 heavy (non-hydrogen) atoms. The molecule has 4 saturated carbocycles. The average Bonchev–Trinajstić information content (AvgIpc) is 3.03. The number of nitrogens with zero attached hydrogens (tertiary/aromatic N) is 2. The van der Waals surface area contributed by atoms with Gasteiger partial charge >= 0.3 is 0 Å². The fourth-order valence-electron chi connectivity index (χ4n) is 7.60. The second kappa shape index (κ2) is 7.06. The maximum Gasteiger partial charge on any atom is 0.285 e. The van der Waals surface area contributed by atoms with Crippen LogP contribution < -0.4 is 5.32 Å². The zero-order valence-corrected chi connectivity index (χ0v) is 18.7. The lowest BCUT2D eigenvalue weighted by Crippen LogP contribution is -2.52. The van der Waals surface area contributed by atoms with Gasteiger partial charge in [0.1, 0.15) is 4.90 Å². The molecule has 4 aliphatic carbocycles. The number of fused-ring (bicyclic) bond motifs is 1. The molecule has 0 aromatic heterocycles. The van der Waals surface area contributed by atoms with Gasteiger partial charge in [0.15, 0.2) is 5.84 Å². The van der Waals surface area contributed by atoms with Crippen LogP contribution in [0.4, 0.5) is 0 Å². The molecule has 0 unspecified atom stereocenters. The first-order valence-electron chi connectivity index (χ1n) is 11.9. The van der Waals surface area contributed by atoms with Crippen LogP contribution in [-0.4, -0.2) is 44.7 Å². The van der Waals surface area contributed by atoms with E-state index in [9.17, 15) is 13.2 Å². The van der Waals surface area contributed by atoms with Crippen molar-refractivity contribution in [3.05, 3.63) is 29.8 Å². The third kappa shape index (κ3) is 3.40. The number of likely N-dealkylation sites (tertiary alicyclic amines) is 1. The molecule has 6 aliphatic rings. The Bertz CT molecular complexity index is 1000. The third-order valence-electron chi connectivity index (χ3n) is 8.58. The van der Waals surface area contributed by atoms with E-state index < -0.39 is 10.0 Å². The predicted octanol–water partition coefficient (Wildman–Crippen LogP) is 3.18. The van der Waals surface area contributed by atoms with Crippen LogP contribution in [-0.2, 0) is 14.8 Å². The van der Waals surface area contributed by atoms with Gasteiger partial charge in [-0.15, -0.1) is 4.40 Å². The van der Waals surface area contributed by atoms with Gasteiger partial charge in [0.2, 0.25) is 5.91 Å². The van der Waals surface area contributed by atoms with Crippen molar-refractivity contribution in [2.75, 3.05) is 19.6 Å². The Morgan fingerprint density at radius 3 is 2.29 bits per heavy atom. The largest absolute Gasteiger partial charge is 0.355 e. The molecular weight excluding hydrogens is 410 g/mol. The molecule has 1 amide bonds. The first-order chi connectivity index (χ1) is 14.9. The molecule has 1 aromatic carbocycles. The van der Waals surface area contributed by atoms with Crippen LogP contribution in [0.25, 0.3) is 0 Å². The molecular formula is C24H31N3O3S. The van der Waals surface area contributed by atoms with Crippen molar-refractivity contribution in [1.82, 2.24) is 10.2 Å². The lowest BCUT2D eigenvalue weighted by atomic mass is 9.49. The van der Waals surface area contributed by atoms with E-state index in [0.717, 1.165) is 37.1 Å². The lowest BCUT2D eigenvalue weighted by molar-refractivity contribution is -0.128. The molecule has 1 N–H and O–H groups in total. The van der Waals surface area contributed by atoms with Crippen LogP contribution >= 0.6 is 0 Å². The highest BCUT2D eigenvalue weighted by Crippen LogP contribution is 2.59. The number of carbonyl (C=O) groups excluding carboxylic acids is 1. The van der Waals surface area contributed by atoms with Crippen molar-refractivity contribution in [1.29, 1.82) is 0 Å². The van der Waals surface area contributed by atoms with E-state index in [4.69, 9.17) is 0 Å². The first kappa shape index (κ1) is 19.8. The summed E-state index contributed by atoms with van der Waals surface area (Å²) >= 11 is 0. The molecule has 0 spiro atoms. The second-order valence-electron chi connectivity index (χ2n) is 10.8. The highest BCUT2D eigenvalue weighted by molar-refractivity contribution is 7.90. The van der Waals surface area contributed by atoms with E-state index >= 15 is 0 Å². The molecule has 7 heteroatoms. The molecule has 2 aliphatic heterocycles.